The third-order valence-corrected chi connectivity index (χ3v) is 2.95. The van der Waals surface area contributed by atoms with E-state index in [0.29, 0.717) is 23.1 Å². The molecule has 6 heteroatoms. The number of aromatic nitrogens is 2. The van der Waals surface area contributed by atoms with E-state index in [9.17, 15) is 8.78 Å². The van der Waals surface area contributed by atoms with Crippen molar-refractivity contribution in [3.8, 4) is 5.88 Å². The van der Waals surface area contributed by atoms with E-state index >= 15 is 0 Å². The van der Waals surface area contributed by atoms with Gasteiger partial charge in [0.05, 0.1) is 5.56 Å². The molecule has 0 unspecified atom stereocenters. The van der Waals surface area contributed by atoms with Gasteiger partial charge in [0, 0.05) is 12.5 Å². The van der Waals surface area contributed by atoms with Gasteiger partial charge in [0.2, 0.25) is 5.88 Å². The van der Waals surface area contributed by atoms with E-state index in [1.807, 2.05) is 0 Å². The number of rotatable bonds is 7. The highest BCUT2D eigenvalue weighted by Crippen LogP contribution is 2.39. The lowest BCUT2D eigenvalue weighted by Gasteiger charge is -2.14. The minimum atomic E-state index is -2.49. The lowest BCUT2D eigenvalue weighted by molar-refractivity contribution is 0.0790. The van der Waals surface area contributed by atoms with Crippen LogP contribution < -0.4 is 10.1 Å². The van der Waals surface area contributed by atoms with Crippen molar-refractivity contribution in [2.45, 2.75) is 45.5 Å². The fourth-order valence-electron chi connectivity index (χ4n) is 1.73. The topological polar surface area (TPSA) is 47.0 Å². The Morgan fingerprint density at radius 1 is 1.37 bits per heavy atom. The molecule has 0 radical (unpaired) electrons. The highest BCUT2D eigenvalue weighted by molar-refractivity contribution is 5.49. The predicted molar refractivity (Wildman–Crippen MR) is 69.0 cm³/mol. The minimum Gasteiger partial charge on any atom is -0.471 e. The predicted octanol–water partition coefficient (Wildman–Crippen LogP) is 3.13. The number of halogens is 2. The summed E-state index contributed by atoms with van der Waals surface area (Å²) < 4.78 is 29.6. The third kappa shape index (κ3) is 3.75. The van der Waals surface area contributed by atoms with Crippen LogP contribution in [0.15, 0.2) is 0 Å². The van der Waals surface area contributed by atoms with Gasteiger partial charge in [-0.25, -0.2) is 13.8 Å². The number of alkyl halides is 2. The van der Waals surface area contributed by atoms with Crippen molar-refractivity contribution < 1.29 is 13.5 Å². The lowest BCUT2D eigenvalue weighted by Crippen LogP contribution is -2.13. The van der Waals surface area contributed by atoms with Gasteiger partial charge in [-0.3, -0.25) is 0 Å². The van der Waals surface area contributed by atoms with Crippen molar-refractivity contribution in [3.63, 3.8) is 0 Å². The molecule has 1 aromatic rings. The van der Waals surface area contributed by atoms with Crippen molar-refractivity contribution in [2.24, 2.45) is 0 Å². The Balaban J connectivity index is 2.20. The summed E-state index contributed by atoms with van der Waals surface area (Å²) in [5.41, 5.74) is 0.693. The van der Waals surface area contributed by atoms with E-state index in [1.165, 1.54) is 0 Å². The Morgan fingerprint density at radius 3 is 2.68 bits per heavy atom. The molecule has 2 rings (SSSR count). The Hall–Kier alpha value is -1.46. The Labute approximate surface area is 111 Å². The highest BCUT2D eigenvalue weighted by atomic mass is 19.3. The van der Waals surface area contributed by atoms with E-state index in [2.05, 4.69) is 22.2 Å². The molecule has 106 valence electrons. The third-order valence-electron chi connectivity index (χ3n) is 2.95. The summed E-state index contributed by atoms with van der Waals surface area (Å²) in [6.07, 6.45) is 0.593. The Bertz CT molecular complexity index is 436. The molecule has 0 aliphatic heterocycles. The maximum absolute atomic E-state index is 12.2. The molecule has 4 nitrogen and oxygen atoms in total. The molecule has 1 aromatic heterocycles. The molecule has 0 bridgehead atoms. The maximum atomic E-state index is 12.2. The number of nitrogens with zero attached hydrogens (tertiary/aromatic N) is 2. The number of ether oxygens (including phenoxy) is 1. The van der Waals surface area contributed by atoms with Gasteiger partial charge in [-0.1, -0.05) is 6.92 Å². The number of hydrogen-bond acceptors (Lipinski definition) is 4. The molecular formula is C13H19F2N3O. The lowest BCUT2D eigenvalue weighted by atomic mass is 10.3. The molecule has 1 fully saturated rings. The molecule has 0 amide bonds. The summed E-state index contributed by atoms with van der Waals surface area (Å²) >= 11 is 0. The SMILES string of the molecule is CCCNc1nc(C2CC2)nc(OCC(F)F)c1C. The van der Waals surface area contributed by atoms with E-state index in [-0.39, 0.29) is 5.88 Å². The van der Waals surface area contributed by atoms with Crippen molar-refractivity contribution in [2.75, 3.05) is 18.5 Å². The Morgan fingerprint density at radius 2 is 2.11 bits per heavy atom. The van der Waals surface area contributed by atoms with Crippen LogP contribution in [-0.2, 0) is 0 Å². The van der Waals surface area contributed by atoms with E-state index in [1.54, 1.807) is 6.92 Å². The van der Waals surface area contributed by atoms with E-state index < -0.39 is 13.0 Å². The number of nitrogens with one attached hydrogen (secondary N) is 1. The van der Waals surface area contributed by atoms with Crippen LogP contribution >= 0.6 is 0 Å². The fraction of sp³-hybridized carbons (Fsp3) is 0.692. The van der Waals surface area contributed by atoms with Crippen LogP contribution in [0.2, 0.25) is 0 Å². The van der Waals surface area contributed by atoms with Crippen molar-refractivity contribution in [3.05, 3.63) is 11.4 Å². The zero-order valence-electron chi connectivity index (χ0n) is 11.2. The first-order chi connectivity index (χ1) is 9.11. The summed E-state index contributed by atoms with van der Waals surface area (Å²) in [6.45, 7) is 4.00. The summed E-state index contributed by atoms with van der Waals surface area (Å²) in [5, 5.41) is 3.20. The molecule has 19 heavy (non-hydrogen) atoms. The zero-order chi connectivity index (χ0) is 13.8. The van der Waals surface area contributed by atoms with Crippen molar-refractivity contribution in [1.82, 2.24) is 9.97 Å². The van der Waals surface area contributed by atoms with Crippen LogP contribution in [0.5, 0.6) is 5.88 Å². The second-order valence-corrected chi connectivity index (χ2v) is 4.76. The van der Waals surface area contributed by atoms with Crippen LogP contribution in [0.4, 0.5) is 14.6 Å². The van der Waals surface area contributed by atoms with Gasteiger partial charge >= 0.3 is 0 Å². The van der Waals surface area contributed by atoms with Gasteiger partial charge in [-0.2, -0.15) is 4.98 Å². The molecule has 1 saturated carbocycles. The zero-order valence-corrected chi connectivity index (χ0v) is 11.2. The molecule has 1 aliphatic carbocycles. The molecule has 1 heterocycles. The average Bonchev–Trinajstić information content (AvgIpc) is 3.20. The van der Waals surface area contributed by atoms with Crippen LogP contribution in [0.3, 0.4) is 0 Å². The monoisotopic (exact) mass is 271 g/mol. The molecule has 0 spiro atoms. The molecule has 1 aliphatic rings. The number of hydrogen-bond donors (Lipinski definition) is 1. The van der Waals surface area contributed by atoms with Crippen LogP contribution in [0, 0.1) is 6.92 Å². The normalized spacial score (nSPS) is 14.8. The van der Waals surface area contributed by atoms with Crippen LogP contribution in [0.25, 0.3) is 0 Å². The second-order valence-electron chi connectivity index (χ2n) is 4.76. The minimum absolute atomic E-state index is 0.274. The Kier molecular flexibility index (Phi) is 4.50. The molecule has 0 saturated heterocycles. The van der Waals surface area contributed by atoms with Crippen molar-refractivity contribution in [1.29, 1.82) is 0 Å². The van der Waals surface area contributed by atoms with Crippen molar-refractivity contribution >= 4 is 5.82 Å². The maximum Gasteiger partial charge on any atom is 0.272 e. The second kappa shape index (κ2) is 6.12. The van der Waals surface area contributed by atoms with E-state index in [0.717, 1.165) is 25.8 Å². The van der Waals surface area contributed by atoms with Gasteiger partial charge in [-0.15, -0.1) is 0 Å². The summed E-state index contributed by atoms with van der Waals surface area (Å²) in [7, 11) is 0. The van der Waals surface area contributed by atoms with Gasteiger partial charge in [-0.05, 0) is 26.2 Å². The quantitative estimate of drug-likeness (QED) is 0.827. The first kappa shape index (κ1) is 14.0. The summed E-state index contributed by atoms with van der Waals surface area (Å²) in [6, 6.07) is 0. The summed E-state index contributed by atoms with van der Waals surface area (Å²) in [4.78, 5) is 8.74. The highest BCUT2D eigenvalue weighted by Gasteiger charge is 2.28. The molecule has 0 aromatic carbocycles. The van der Waals surface area contributed by atoms with E-state index in [4.69, 9.17) is 4.74 Å². The van der Waals surface area contributed by atoms with Crippen LogP contribution in [-0.4, -0.2) is 29.5 Å². The molecular weight excluding hydrogens is 252 g/mol. The smallest absolute Gasteiger partial charge is 0.272 e. The average molecular weight is 271 g/mol. The first-order valence-corrected chi connectivity index (χ1v) is 6.65. The fourth-order valence-corrected chi connectivity index (χ4v) is 1.73. The van der Waals surface area contributed by atoms with Gasteiger partial charge in [0.1, 0.15) is 11.6 Å². The molecule has 1 N–H and O–H groups in total. The van der Waals surface area contributed by atoms with Crippen LogP contribution in [0.1, 0.15) is 43.5 Å². The number of anilines is 1. The largest absolute Gasteiger partial charge is 0.471 e. The summed E-state index contributed by atoms with van der Waals surface area (Å²) in [5.74, 6) is 2.03. The molecule has 0 atom stereocenters. The van der Waals surface area contributed by atoms with Gasteiger partial charge in [0.15, 0.2) is 6.61 Å². The first-order valence-electron chi connectivity index (χ1n) is 6.65. The standard InChI is InChI=1S/C13H19F2N3O/c1-3-6-16-11-8(2)13(19-7-10(14)15)18-12(17-11)9-4-5-9/h9-10H,3-7H2,1-2H3,(H,16,17,18). The van der Waals surface area contributed by atoms with Gasteiger partial charge in [0.25, 0.3) is 6.43 Å². The van der Waals surface area contributed by atoms with Gasteiger partial charge < -0.3 is 10.1 Å².